The molecule has 160 valence electrons. The van der Waals surface area contributed by atoms with E-state index in [9.17, 15) is 4.79 Å². The number of benzene rings is 4. The Morgan fingerprint density at radius 1 is 0.667 bits per heavy atom. The lowest BCUT2D eigenvalue weighted by Gasteiger charge is -2.33. The summed E-state index contributed by atoms with van der Waals surface area (Å²) in [5.41, 5.74) is 9.63. The minimum atomic E-state index is -0.0579. The molecule has 1 unspecified atom stereocenters. The van der Waals surface area contributed by atoms with Gasteiger partial charge in [-0.25, -0.2) is 0 Å². The summed E-state index contributed by atoms with van der Waals surface area (Å²) in [5.74, 6) is 0.123. The first kappa shape index (κ1) is 19.8. The van der Waals surface area contributed by atoms with E-state index in [4.69, 9.17) is 0 Å². The van der Waals surface area contributed by atoms with Gasteiger partial charge in [-0.2, -0.15) is 0 Å². The van der Waals surface area contributed by atoms with Crippen molar-refractivity contribution in [3.63, 3.8) is 0 Å². The molecule has 4 aromatic carbocycles. The second-order valence-electron chi connectivity index (χ2n) is 8.83. The fourth-order valence-corrected chi connectivity index (χ4v) is 5.46. The van der Waals surface area contributed by atoms with Gasteiger partial charge in [0.05, 0.1) is 6.04 Å². The van der Waals surface area contributed by atoms with Gasteiger partial charge in [0.15, 0.2) is 0 Å². The molecule has 6 rings (SSSR count). The molecule has 33 heavy (non-hydrogen) atoms. The molecule has 0 saturated heterocycles. The van der Waals surface area contributed by atoms with Crippen molar-refractivity contribution in [2.24, 2.45) is 0 Å². The number of nitrogens with zero attached hydrogens (tertiary/aromatic N) is 1. The van der Waals surface area contributed by atoms with Gasteiger partial charge in [0, 0.05) is 12.1 Å². The molecule has 1 aliphatic carbocycles. The van der Waals surface area contributed by atoms with E-state index in [2.05, 4.69) is 83.8 Å². The Kier molecular flexibility index (Phi) is 4.92. The van der Waals surface area contributed by atoms with Crippen LogP contribution in [0.15, 0.2) is 115 Å². The Bertz CT molecular complexity index is 1350. The molecule has 0 saturated carbocycles. The van der Waals surface area contributed by atoms with Gasteiger partial charge in [-0.15, -0.1) is 0 Å². The Morgan fingerprint density at radius 2 is 1.30 bits per heavy atom. The predicted molar refractivity (Wildman–Crippen MR) is 133 cm³/mol. The van der Waals surface area contributed by atoms with Crippen LogP contribution in [0.1, 0.15) is 50.6 Å². The van der Waals surface area contributed by atoms with Crippen LogP contribution in [0.25, 0.3) is 5.57 Å². The molecule has 4 aromatic rings. The second kappa shape index (κ2) is 8.22. The molecule has 1 amide bonds. The predicted octanol–water partition coefficient (Wildman–Crippen LogP) is 6.83. The van der Waals surface area contributed by atoms with E-state index in [1.807, 2.05) is 30.3 Å². The lowest BCUT2D eigenvalue weighted by atomic mass is 9.78. The molecule has 0 N–H and O–H groups in total. The van der Waals surface area contributed by atoms with E-state index in [1.54, 1.807) is 0 Å². The lowest BCUT2D eigenvalue weighted by molar-refractivity contribution is 0.0731. The molecule has 1 heterocycles. The van der Waals surface area contributed by atoms with Crippen LogP contribution in [0.3, 0.4) is 0 Å². The molecule has 2 nitrogen and oxygen atoms in total. The summed E-state index contributed by atoms with van der Waals surface area (Å²) in [6.07, 6.45) is 1.94. The third-order valence-electron chi connectivity index (χ3n) is 6.92. The summed E-state index contributed by atoms with van der Waals surface area (Å²) in [6, 6.07) is 37.8. The summed E-state index contributed by atoms with van der Waals surface area (Å²) in [5, 5.41) is 0. The van der Waals surface area contributed by atoms with E-state index >= 15 is 0 Å². The highest BCUT2D eigenvalue weighted by Crippen LogP contribution is 2.47. The summed E-state index contributed by atoms with van der Waals surface area (Å²) in [4.78, 5) is 15.7. The average Bonchev–Trinajstić information content (AvgIpc) is 3.16. The van der Waals surface area contributed by atoms with Crippen molar-refractivity contribution >= 4 is 11.5 Å². The van der Waals surface area contributed by atoms with E-state index in [-0.39, 0.29) is 11.9 Å². The molecular formula is C31H25NO. The van der Waals surface area contributed by atoms with Crippen LogP contribution in [-0.2, 0) is 13.0 Å². The minimum absolute atomic E-state index is 0.0579. The van der Waals surface area contributed by atoms with Crippen molar-refractivity contribution < 1.29 is 4.79 Å². The normalized spacial score (nSPS) is 17.2. The molecule has 0 bridgehead atoms. The fourth-order valence-electron chi connectivity index (χ4n) is 5.46. The van der Waals surface area contributed by atoms with Crippen molar-refractivity contribution in [3.8, 4) is 0 Å². The standard InChI is InChI=1S/C31H25NO/c33-31-27-18-10-9-17-26(27)30(32(31)21-22-11-3-1-4-12-22)28-20-19-23-13-7-8-16-25(23)29(28)24-14-5-2-6-15-24/h1-18,30H,19-21H2. The van der Waals surface area contributed by atoms with Gasteiger partial charge in [-0.05, 0) is 57.9 Å². The van der Waals surface area contributed by atoms with Crippen molar-refractivity contribution in [3.05, 3.63) is 148 Å². The largest absolute Gasteiger partial charge is 0.323 e. The van der Waals surface area contributed by atoms with Crippen LogP contribution in [0.2, 0.25) is 0 Å². The number of hydrogen-bond acceptors (Lipinski definition) is 1. The zero-order valence-electron chi connectivity index (χ0n) is 18.4. The van der Waals surface area contributed by atoms with Gasteiger partial charge in [0.1, 0.15) is 0 Å². The third-order valence-corrected chi connectivity index (χ3v) is 6.92. The number of amides is 1. The summed E-state index contributed by atoms with van der Waals surface area (Å²) >= 11 is 0. The van der Waals surface area contributed by atoms with Gasteiger partial charge in [0.25, 0.3) is 5.91 Å². The molecule has 1 atom stereocenters. The van der Waals surface area contributed by atoms with Crippen LogP contribution in [0.4, 0.5) is 0 Å². The molecular weight excluding hydrogens is 402 g/mol. The first-order valence-corrected chi connectivity index (χ1v) is 11.6. The van der Waals surface area contributed by atoms with Gasteiger partial charge in [-0.1, -0.05) is 103 Å². The Morgan fingerprint density at radius 3 is 2.09 bits per heavy atom. The first-order valence-electron chi connectivity index (χ1n) is 11.6. The molecule has 0 aromatic heterocycles. The zero-order chi connectivity index (χ0) is 22.2. The summed E-state index contributed by atoms with van der Waals surface area (Å²) in [6.45, 7) is 0.603. The number of hydrogen-bond donors (Lipinski definition) is 0. The maximum atomic E-state index is 13.6. The van der Waals surface area contributed by atoms with Crippen LogP contribution >= 0.6 is 0 Å². The molecule has 0 spiro atoms. The van der Waals surface area contributed by atoms with Crippen molar-refractivity contribution in [2.45, 2.75) is 25.4 Å². The van der Waals surface area contributed by atoms with Crippen molar-refractivity contribution in [1.82, 2.24) is 4.90 Å². The van der Waals surface area contributed by atoms with Crippen molar-refractivity contribution in [1.29, 1.82) is 0 Å². The van der Waals surface area contributed by atoms with Crippen LogP contribution in [0, 0.1) is 0 Å². The fraction of sp³-hybridized carbons (Fsp3) is 0.129. The zero-order valence-corrected chi connectivity index (χ0v) is 18.4. The van der Waals surface area contributed by atoms with Crippen molar-refractivity contribution in [2.75, 3.05) is 0 Å². The minimum Gasteiger partial charge on any atom is -0.323 e. The van der Waals surface area contributed by atoms with E-state index < -0.39 is 0 Å². The van der Waals surface area contributed by atoms with E-state index in [1.165, 1.54) is 27.8 Å². The maximum absolute atomic E-state index is 13.6. The molecule has 0 fully saturated rings. The molecule has 2 aliphatic rings. The smallest absolute Gasteiger partial charge is 0.255 e. The lowest BCUT2D eigenvalue weighted by Crippen LogP contribution is -2.30. The SMILES string of the molecule is O=C1c2ccccc2C(C2=C(c3ccccc3)c3ccccc3CC2)N1Cc1ccccc1. The highest BCUT2D eigenvalue weighted by Gasteiger charge is 2.40. The number of fused-ring (bicyclic) bond motifs is 2. The van der Waals surface area contributed by atoms with Crippen LogP contribution < -0.4 is 0 Å². The molecule has 0 radical (unpaired) electrons. The highest BCUT2D eigenvalue weighted by molar-refractivity contribution is 6.00. The first-order chi connectivity index (χ1) is 16.3. The maximum Gasteiger partial charge on any atom is 0.255 e. The number of aryl methyl sites for hydroxylation is 1. The van der Waals surface area contributed by atoms with E-state index in [0.29, 0.717) is 6.54 Å². The van der Waals surface area contributed by atoms with E-state index in [0.717, 1.165) is 29.5 Å². The van der Waals surface area contributed by atoms with Gasteiger partial charge in [-0.3, -0.25) is 4.79 Å². The third kappa shape index (κ3) is 3.39. The van der Waals surface area contributed by atoms with Gasteiger partial charge in [0.2, 0.25) is 0 Å². The average molecular weight is 428 g/mol. The number of carbonyl (C=O) groups is 1. The number of carbonyl (C=O) groups excluding carboxylic acids is 1. The Balaban J connectivity index is 1.58. The topological polar surface area (TPSA) is 20.3 Å². The van der Waals surface area contributed by atoms with Crippen LogP contribution in [0.5, 0.6) is 0 Å². The van der Waals surface area contributed by atoms with Gasteiger partial charge < -0.3 is 4.90 Å². The Hall–Kier alpha value is -3.91. The van der Waals surface area contributed by atoms with Crippen LogP contribution in [-0.4, -0.2) is 10.8 Å². The Labute approximate surface area is 194 Å². The van der Waals surface area contributed by atoms with Gasteiger partial charge >= 0.3 is 0 Å². The number of rotatable bonds is 4. The molecule has 1 aliphatic heterocycles. The highest BCUT2D eigenvalue weighted by atomic mass is 16.2. The molecule has 2 heteroatoms. The monoisotopic (exact) mass is 427 g/mol. The quantitative estimate of drug-likeness (QED) is 0.349. The summed E-state index contributed by atoms with van der Waals surface area (Å²) < 4.78 is 0. The summed E-state index contributed by atoms with van der Waals surface area (Å²) in [7, 11) is 0. The second-order valence-corrected chi connectivity index (χ2v) is 8.83.